The molecule has 1 saturated heterocycles. The van der Waals surface area contributed by atoms with Crippen molar-refractivity contribution in [3.8, 4) is 5.75 Å². The number of halogens is 2. The van der Waals surface area contributed by atoms with E-state index < -0.39 is 9.84 Å². The highest BCUT2D eigenvalue weighted by Gasteiger charge is 2.42. The van der Waals surface area contributed by atoms with Gasteiger partial charge < -0.3 is 9.64 Å². The number of rotatable bonds is 5. The van der Waals surface area contributed by atoms with Crippen LogP contribution < -0.4 is 4.74 Å². The molecule has 2 aliphatic rings. The van der Waals surface area contributed by atoms with Gasteiger partial charge in [-0.25, -0.2) is 8.42 Å². The molecule has 8 heteroatoms. The fraction of sp³-hybridized carbons (Fsp3) is 0.533. The standard InChI is InChI=1S/C15H17Cl2NO4S/c16-12-2-1-3-13(17)15(12)22-8-14(19)18(10-4-5-10)11-6-7-23(20,21)9-11/h1-3,10-11H,4-9H2/t11-/m0/s1. The lowest BCUT2D eigenvalue weighted by Gasteiger charge is -2.28. The number of amides is 1. The maximum Gasteiger partial charge on any atom is 0.261 e. The van der Waals surface area contributed by atoms with Gasteiger partial charge in [0.25, 0.3) is 5.91 Å². The Hall–Kier alpha value is -0.980. The third-order valence-electron chi connectivity index (χ3n) is 4.09. The molecule has 1 saturated carbocycles. The number of ether oxygens (including phenoxy) is 1. The van der Waals surface area contributed by atoms with E-state index in [0.29, 0.717) is 16.5 Å². The molecule has 0 unspecified atom stereocenters. The number of hydrogen-bond acceptors (Lipinski definition) is 4. The summed E-state index contributed by atoms with van der Waals surface area (Å²) in [4.78, 5) is 14.2. The van der Waals surface area contributed by atoms with Crippen LogP contribution in [-0.4, -0.2) is 49.4 Å². The van der Waals surface area contributed by atoms with Gasteiger partial charge in [-0.05, 0) is 31.4 Å². The van der Waals surface area contributed by atoms with Crippen molar-refractivity contribution >= 4 is 38.9 Å². The van der Waals surface area contributed by atoms with Crippen LogP contribution in [-0.2, 0) is 14.6 Å². The first-order valence-electron chi connectivity index (χ1n) is 7.46. The average Bonchev–Trinajstić information content (AvgIpc) is 3.23. The Bertz CT molecular complexity index is 698. The highest BCUT2D eigenvalue weighted by Crippen LogP contribution is 2.34. The molecule has 0 N–H and O–H groups in total. The van der Waals surface area contributed by atoms with Crippen LogP contribution >= 0.6 is 23.2 Å². The summed E-state index contributed by atoms with van der Waals surface area (Å²) in [5.41, 5.74) is 0. The first kappa shape index (κ1) is 16.9. The SMILES string of the molecule is O=C(COc1c(Cl)cccc1Cl)N(C1CC1)[C@H]1CCS(=O)(=O)C1. The molecule has 2 fully saturated rings. The zero-order chi connectivity index (χ0) is 16.6. The highest BCUT2D eigenvalue weighted by atomic mass is 35.5. The van der Waals surface area contributed by atoms with Crippen LogP contribution in [0.1, 0.15) is 19.3 Å². The minimum absolute atomic E-state index is 0.0437. The van der Waals surface area contributed by atoms with E-state index in [1.165, 1.54) is 0 Å². The number of sulfone groups is 1. The third kappa shape index (κ3) is 3.92. The van der Waals surface area contributed by atoms with E-state index in [2.05, 4.69) is 0 Å². The van der Waals surface area contributed by atoms with Crippen LogP contribution in [0.25, 0.3) is 0 Å². The minimum atomic E-state index is -3.04. The van der Waals surface area contributed by atoms with Crippen molar-refractivity contribution in [2.45, 2.75) is 31.3 Å². The Labute approximate surface area is 145 Å². The van der Waals surface area contributed by atoms with Crippen LogP contribution in [0.4, 0.5) is 0 Å². The number of carbonyl (C=O) groups is 1. The maximum absolute atomic E-state index is 12.5. The minimum Gasteiger partial charge on any atom is -0.481 e. The second-order valence-corrected chi connectivity index (χ2v) is 8.97. The molecule has 1 aliphatic heterocycles. The van der Waals surface area contributed by atoms with Gasteiger partial charge in [0.2, 0.25) is 0 Å². The summed E-state index contributed by atoms with van der Waals surface area (Å²) in [6.45, 7) is -0.198. The van der Waals surface area contributed by atoms with E-state index in [-0.39, 0.29) is 41.9 Å². The molecule has 0 spiro atoms. The Kier molecular flexibility index (Phi) is 4.76. The largest absolute Gasteiger partial charge is 0.481 e. The van der Waals surface area contributed by atoms with E-state index in [1.807, 2.05) is 0 Å². The lowest BCUT2D eigenvalue weighted by Crippen LogP contribution is -2.45. The summed E-state index contributed by atoms with van der Waals surface area (Å²) in [7, 11) is -3.04. The summed E-state index contributed by atoms with van der Waals surface area (Å²) >= 11 is 12.0. The molecule has 0 aromatic heterocycles. The molecule has 1 aromatic rings. The molecule has 126 valence electrons. The normalized spacial score (nSPS) is 22.8. The monoisotopic (exact) mass is 377 g/mol. The fourth-order valence-corrected chi connectivity index (χ4v) is 5.10. The van der Waals surface area contributed by atoms with Crippen molar-refractivity contribution in [1.82, 2.24) is 4.90 Å². The first-order chi connectivity index (χ1) is 10.9. The Balaban J connectivity index is 1.68. The smallest absolute Gasteiger partial charge is 0.261 e. The van der Waals surface area contributed by atoms with E-state index in [9.17, 15) is 13.2 Å². The Morgan fingerprint density at radius 3 is 2.35 bits per heavy atom. The molecule has 3 rings (SSSR count). The maximum atomic E-state index is 12.5. The fourth-order valence-electron chi connectivity index (χ4n) is 2.88. The van der Waals surface area contributed by atoms with Gasteiger partial charge in [-0.1, -0.05) is 29.3 Å². The van der Waals surface area contributed by atoms with Gasteiger partial charge in [-0.3, -0.25) is 4.79 Å². The third-order valence-corrected chi connectivity index (χ3v) is 6.43. The van der Waals surface area contributed by atoms with Crippen LogP contribution in [0, 0.1) is 0 Å². The van der Waals surface area contributed by atoms with Crippen LogP contribution in [0.5, 0.6) is 5.75 Å². The van der Waals surface area contributed by atoms with Gasteiger partial charge in [0.05, 0.1) is 21.6 Å². The number of nitrogens with zero attached hydrogens (tertiary/aromatic N) is 1. The predicted octanol–water partition coefficient (Wildman–Crippen LogP) is 2.55. The van der Waals surface area contributed by atoms with Crippen molar-refractivity contribution < 1.29 is 17.9 Å². The predicted molar refractivity (Wildman–Crippen MR) is 88.9 cm³/mol. The summed E-state index contributed by atoms with van der Waals surface area (Å²) in [6.07, 6.45) is 2.32. The number of benzene rings is 1. The average molecular weight is 378 g/mol. The van der Waals surface area contributed by atoms with E-state index in [0.717, 1.165) is 12.8 Å². The molecule has 0 bridgehead atoms. The van der Waals surface area contributed by atoms with Gasteiger partial charge >= 0.3 is 0 Å². The number of para-hydroxylation sites is 1. The summed E-state index contributed by atoms with van der Waals surface area (Å²) < 4.78 is 28.8. The summed E-state index contributed by atoms with van der Waals surface area (Å²) in [6, 6.07) is 4.85. The molecule has 1 amide bonds. The molecule has 1 aliphatic carbocycles. The topological polar surface area (TPSA) is 63.7 Å². The van der Waals surface area contributed by atoms with E-state index in [1.54, 1.807) is 23.1 Å². The summed E-state index contributed by atoms with van der Waals surface area (Å²) in [5, 5.41) is 0.679. The first-order valence-corrected chi connectivity index (χ1v) is 10.0. The number of carbonyl (C=O) groups excluding carboxylic acids is 1. The zero-order valence-corrected chi connectivity index (χ0v) is 14.7. The van der Waals surface area contributed by atoms with Crippen molar-refractivity contribution in [1.29, 1.82) is 0 Å². The van der Waals surface area contributed by atoms with Crippen LogP contribution in [0.2, 0.25) is 10.0 Å². The molecule has 1 heterocycles. The van der Waals surface area contributed by atoms with Crippen molar-refractivity contribution in [3.63, 3.8) is 0 Å². The van der Waals surface area contributed by atoms with Crippen molar-refractivity contribution in [3.05, 3.63) is 28.2 Å². The molecule has 0 radical (unpaired) electrons. The lowest BCUT2D eigenvalue weighted by molar-refractivity contribution is -0.135. The lowest BCUT2D eigenvalue weighted by atomic mass is 10.2. The molecular weight excluding hydrogens is 361 g/mol. The Morgan fingerprint density at radius 2 is 1.83 bits per heavy atom. The van der Waals surface area contributed by atoms with Gasteiger partial charge in [-0.15, -0.1) is 0 Å². The zero-order valence-electron chi connectivity index (χ0n) is 12.4. The number of hydrogen-bond donors (Lipinski definition) is 0. The molecule has 5 nitrogen and oxygen atoms in total. The van der Waals surface area contributed by atoms with Gasteiger partial charge in [-0.2, -0.15) is 0 Å². The van der Waals surface area contributed by atoms with Gasteiger partial charge in [0.1, 0.15) is 0 Å². The van der Waals surface area contributed by atoms with Gasteiger partial charge in [0, 0.05) is 12.1 Å². The molecule has 1 aromatic carbocycles. The van der Waals surface area contributed by atoms with Crippen molar-refractivity contribution in [2.24, 2.45) is 0 Å². The summed E-state index contributed by atoms with van der Waals surface area (Å²) in [5.74, 6) is 0.248. The van der Waals surface area contributed by atoms with Crippen LogP contribution in [0.3, 0.4) is 0 Å². The van der Waals surface area contributed by atoms with Gasteiger partial charge in [0.15, 0.2) is 22.2 Å². The van der Waals surface area contributed by atoms with Crippen LogP contribution in [0.15, 0.2) is 18.2 Å². The second kappa shape index (κ2) is 6.49. The molecular formula is C15H17Cl2NO4S. The van der Waals surface area contributed by atoms with E-state index in [4.69, 9.17) is 27.9 Å². The van der Waals surface area contributed by atoms with Crippen molar-refractivity contribution in [2.75, 3.05) is 18.1 Å². The molecule has 1 atom stereocenters. The highest BCUT2D eigenvalue weighted by molar-refractivity contribution is 7.91. The quantitative estimate of drug-likeness (QED) is 0.790. The molecule has 23 heavy (non-hydrogen) atoms. The van der Waals surface area contributed by atoms with E-state index >= 15 is 0 Å². The Morgan fingerprint density at radius 1 is 1.17 bits per heavy atom. The second-order valence-electron chi connectivity index (χ2n) is 5.93.